The van der Waals surface area contributed by atoms with Gasteiger partial charge in [0.25, 0.3) is 5.91 Å². The molecule has 4 aromatic heterocycles. The molecule has 540 valence electrons. The second kappa shape index (κ2) is 42.7. The zero-order chi connectivity index (χ0) is 74.6. The summed E-state index contributed by atoms with van der Waals surface area (Å²) in [6.45, 7) is 2.26. The van der Waals surface area contributed by atoms with Crippen molar-refractivity contribution in [2.24, 2.45) is 10.2 Å². The smallest absolute Gasteiger partial charge is 0.352 e. The Morgan fingerprint density at radius 2 is 0.846 bits per heavy atom. The molecule has 12 rings (SSSR count). The molecule has 104 heavy (non-hydrogen) atoms. The molecule has 3 amide bonds. The first kappa shape index (κ1) is 79.8. The van der Waals surface area contributed by atoms with Crippen molar-refractivity contribution in [2.75, 3.05) is 50.0 Å². The van der Waals surface area contributed by atoms with Crippen molar-refractivity contribution in [3.05, 3.63) is 248 Å². The predicted molar refractivity (Wildman–Crippen MR) is 398 cm³/mol. The lowest BCUT2D eigenvalue weighted by atomic mass is 10.1. The van der Waals surface area contributed by atoms with Crippen molar-refractivity contribution in [3.63, 3.8) is 0 Å². The van der Waals surface area contributed by atoms with E-state index in [2.05, 4.69) is 66.9 Å². The van der Waals surface area contributed by atoms with Gasteiger partial charge in [-0.1, -0.05) is 94.9 Å². The number of anilines is 4. The van der Waals surface area contributed by atoms with Gasteiger partial charge in [-0.25, -0.2) is 14.8 Å². The van der Waals surface area contributed by atoms with E-state index in [0.29, 0.717) is 105 Å². The molecule has 27 nitrogen and oxygen atoms in total. The maximum Gasteiger partial charge on any atom is 0.352 e. The SMILES string of the molecule is CN1N=C(C(=O)Nc2ccc(COc3cccc(Cl)c3)nn2)CCC1=O.CN1N=C(C(=O)O)CCC1=O.COc1ccc(CNc2ccc(CCl)nn2)cc1.COc1ccc(CNc2ccc(COc3cccc(Cl)c3)nn2)cc1.Nc1ccc(COc2cccc(Cl)c2)nn1.Oc1cccc(Cl)c1. The van der Waals surface area contributed by atoms with E-state index in [1.807, 2.05) is 97.1 Å². The number of aliphatic carboxylic acids is 1. The topological polar surface area (TPSA) is 351 Å². The van der Waals surface area contributed by atoms with Crippen LogP contribution in [0.15, 0.2) is 204 Å². The molecule has 0 fully saturated rings. The quantitative estimate of drug-likeness (QED) is 0.0364. The number of halogens is 5. The molecule has 2 aliphatic heterocycles. The summed E-state index contributed by atoms with van der Waals surface area (Å²) in [7, 11) is 6.27. The molecule has 6 heterocycles. The number of aromatic nitrogens is 8. The number of alkyl halides is 1. The zero-order valence-electron chi connectivity index (χ0n) is 56.4. The lowest BCUT2D eigenvalue weighted by molar-refractivity contribution is -0.132. The highest BCUT2D eigenvalue weighted by molar-refractivity contribution is 6.43. The molecule has 6 aromatic carbocycles. The van der Waals surface area contributed by atoms with Crippen LogP contribution in [0.1, 0.15) is 59.6 Å². The normalized spacial score (nSPS) is 11.9. The third-order valence-electron chi connectivity index (χ3n) is 13.8. The predicted octanol–water partition coefficient (Wildman–Crippen LogP) is 13.4. The van der Waals surface area contributed by atoms with Gasteiger partial charge in [-0.3, -0.25) is 14.4 Å². The number of amides is 3. The zero-order valence-corrected chi connectivity index (χ0v) is 60.2. The molecule has 0 unspecified atom stereocenters. The van der Waals surface area contributed by atoms with Crippen molar-refractivity contribution < 1.29 is 53.1 Å². The molecule has 0 saturated heterocycles. The van der Waals surface area contributed by atoms with E-state index in [1.165, 1.54) is 25.2 Å². The maximum atomic E-state index is 12.2. The molecule has 32 heteroatoms. The van der Waals surface area contributed by atoms with Crippen LogP contribution in [-0.4, -0.2) is 124 Å². The molecule has 0 aliphatic carbocycles. The fourth-order valence-electron chi connectivity index (χ4n) is 8.34. The Kier molecular flexibility index (Phi) is 32.8. The molecule has 0 atom stereocenters. The number of carboxylic acids is 1. The van der Waals surface area contributed by atoms with Crippen molar-refractivity contribution in [3.8, 4) is 34.5 Å². The minimum Gasteiger partial charge on any atom is -0.508 e. The second-order valence-electron chi connectivity index (χ2n) is 21.6. The molecular formula is C72H71Cl5N16O11. The molecule has 7 N–H and O–H groups in total. The highest BCUT2D eigenvalue weighted by Crippen LogP contribution is 2.23. The number of nitrogens with zero attached hydrogens (tertiary/aromatic N) is 12. The molecule has 2 aliphatic rings. The summed E-state index contributed by atoms with van der Waals surface area (Å²) in [6, 6.07) is 58.0. The van der Waals surface area contributed by atoms with Crippen LogP contribution in [0.4, 0.5) is 23.3 Å². The summed E-state index contributed by atoms with van der Waals surface area (Å²) in [4.78, 5) is 44.7. The van der Waals surface area contributed by atoms with Gasteiger partial charge in [-0.05, 0) is 157 Å². The van der Waals surface area contributed by atoms with Crippen LogP contribution in [0.25, 0.3) is 0 Å². The van der Waals surface area contributed by atoms with E-state index in [9.17, 15) is 19.2 Å². The number of phenolic OH excluding ortho intramolecular Hbond substituents is 1. The largest absolute Gasteiger partial charge is 0.508 e. The number of ether oxygens (including phenoxy) is 5. The lowest BCUT2D eigenvalue weighted by Gasteiger charge is -2.18. The summed E-state index contributed by atoms with van der Waals surface area (Å²) in [5.41, 5.74) is 10.9. The number of benzene rings is 6. The van der Waals surface area contributed by atoms with Gasteiger partial charge >= 0.3 is 5.97 Å². The Labute approximate surface area is 623 Å². The standard InChI is InChI=1S/C19H18ClN3O2.C17H16ClN5O3.C13H14ClN3O.C11H10ClN3O.C6H5ClO.C6H8N2O3/c1-24-17-8-5-14(6-9-17)12-21-19-10-7-16(22-23-19)13-25-18-4-2-3-15(20)11-18;1-23-16(24)8-6-14(22-23)17(25)19-15-7-5-12(20-21-15)10-26-13-4-2-3-11(18)9-13;1-18-12-5-2-10(3-6-12)9-15-13-7-4-11(8-14)16-17-13;12-8-2-1-3-10(6-8)16-7-9-4-5-11(13)15-14-9;7-5-2-1-3-6(8)4-5;1-8-5(9)3-2-4(7-8)6(10)11/h2-11H,12-13H2,1H3,(H,21,23);2-5,7,9H,6,8,10H2,1H3,(H,19,21,25);2-7H,8-9H2,1H3,(H,15,17);1-6H,7H2,(H2,13,15);1-4,8H;2-3H2,1H3,(H,10,11). The monoisotopic (exact) mass is 1510 g/mol. The van der Waals surface area contributed by atoms with Gasteiger partial charge in [0.1, 0.15) is 100 Å². The maximum absolute atomic E-state index is 12.2. The van der Waals surface area contributed by atoms with Crippen molar-refractivity contribution >= 4 is 116 Å². The number of hydrazone groups is 2. The number of methoxy groups -OCH3 is 2. The number of carbonyl (C=O) groups excluding carboxylic acids is 3. The van der Waals surface area contributed by atoms with Gasteiger partial charge in [0.05, 0.1) is 25.8 Å². The van der Waals surface area contributed by atoms with Crippen molar-refractivity contribution in [1.29, 1.82) is 0 Å². The minimum absolute atomic E-state index is 0.0482. The van der Waals surface area contributed by atoms with Crippen LogP contribution < -0.4 is 45.4 Å². The molecule has 0 saturated carbocycles. The number of hydrogen-bond acceptors (Lipinski definition) is 23. The number of nitrogen functional groups attached to an aromatic ring is 1. The van der Waals surface area contributed by atoms with Crippen LogP contribution in [0.2, 0.25) is 20.1 Å². The van der Waals surface area contributed by atoms with E-state index in [-0.39, 0.29) is 54.9 Å². The number of carboxylic acid groups (broad SMARTS) is 1. The summed E-state index contributed by atoms with van der Waals surface area (Å²) < 4.78 is 27.0. The summed E-state index contributed by atoms with van der Waals surface area (Å²) in [5.74, 6) is 4.73. The number of hydrogen-bond donors (Lipinski definition) is 6. The first-order valence-electron chi connectivity index (χ1n) is 31.4. The summed E-state index contributed by atoms with van der Waals surface area (Å²) >= 11 is 28.8. The number of rotatable bonds is 21. The van der Waals surface area contributed by atoms with Crippen molar-refractivity contribution in [2.45, 2.75) is 64.5 Å². The molecule has 10 aromatic rings. The third-order valence-corrected chi connectivity index (χ3v) is 15.0. The van der Waals surface area contributed by atoms with E-state index >= 15 is 0 Å². The second-order valence-corrected chi connectivity index (χ2v) is 23.6. The Morgan fingerprint density at radius 1 is 0.462 bits per heavy atom. The van der Waals surface area contributed by atoms with E-state index in [1.54, 1.807) is 105 Å². The van der Waals surface area contributed by atoms with Crippen LogP contribution in [0.3, 0.4) is 0 Å². The van der Waals surface area contributed by atoms with E-state index in [4.69, 9.17) is 97.6 Å². The Balaban J connectivity index is 0.000000181. The Hall–Kier alpha value is -11.5. The van der Waals surface area contributed by atoms with Gasteiger partial charge in [0.2, 0.25) is 11.8 Å². The molecular weight excluding hydrogens is 1440 g/mol. The average Bonchev–Trinajstić information content (AvgIpc) is 0.869. The van der Waals surface area contributed by atoms with Gasteiger partial charge in [0, 0.05) is 73.0 Å². The fraction of sp³-hybridized carbons (Fsp3) is 0.194. The Morgan fingerprint density at radius 3 is 1.19 bits per heavy atom. The first-order chi connectivity index (χ1) is 50.2. The van der Waals surface area contributed by atoms with Crippen molar-refractivity contribution in [1.82, 2.24) is 50.8 Å². The highest BCUT2D eigenvalue weighted by Gasteiger charge is 2.23. The number of aromatic hydroxyl groups is 1. The van der Waals surface area contributed by atoms with Crippen LogP contribution in [0.5, 0.6) is 34.5 Å². The van der Waals surface area contributed by atoms with Gasteiger partial charge in [-0.15, -0.1) is 47.3 Å². The summed E-state index contributed by atoms with van der Waals surface area (Å²) in [6.07, 6.45) is 1.03. The third kappa shape index (κ3) is 29.2. The number of phenols is 1. The van der Waals surface area contributed by atoms with Crippen LogP contribution in [0, 0.1) is 0 Å². The number of nitrogens with two attached hydrogens (primary N) is 1. The van der Waals surface area contributed by atoms with E-state index in [0.717, 1.165) is 44.8 Å². The first-order valence-corrected chi connectivity index (χ1v) is 33.4. The van der Waals surface area contributed by atoms with Crippen LogP contribution >= 0.6 is 58.0 Å². The number of carbonyl (C=O) groups is 4. The Bertz CT molecular complexity index is 4360. The number of nitrogens with one attached hydrogen (secondary N) is 3. The minimum atomic E-state index is -1.05. The lowest BCUT2D eigenvalue weighted by Crippen LogP contribution is -2.34. The molecule has 0 radical (unpaired) electrons. The highest BCUT2D eigenvalue weighted by atomic mass is 35.5. The fourth-order valence-corrected chi connectivity index (χ4v) is 9.21. The van der Waals surface area contributed by atoms with Gasteiger partial charge in [0.15, 0.2) is 5.82 Å². The molecule has 0 spiro atoms. The average molecular weight is 1510 g/mol. The van der Waals surface area contributed by atoms with E-state index < -0.39 is 11.9 Å². The van der Waals surface area contributed by atoms with Gasteiger partial charge < -0.3 is 55.6 Å². The van der Waals surface area contributed by atoms with Gasteiger partial charge in [-0.2, -0.15) is 15.3 Å². The summed E-state index contributed by atoms with van der Waals surface area (Å²) in [5, 5.41) is 70.3. The van der Waals surface area contributed by atoms with Crippen LogP contribution in [-0.2, 0) is 58.0 Å². The molecule has 0 bridgehead atoms.